The van der Waals surface area contributed by atoms with Crippen LogP contribution in [0, 0.1) is 5.41 Å². The first-order chi connectivity index (χ1) is 19.5. The zero-order valence-electron chi connectivity index (χ0n) is 24.7. The molecule has 0 radical (unpaired) electrons. The zero-order chi connectivity index (χ0) is 29.6. The van der Waals surface area contributed by atoms with Crippen LogP contribution < -0.4 is 19.7 Å². The summed E-state index contributed by atoms with van der Waals surface area (Å²) in [6.07, 6.45) is 1.84. The van der Waals surface area contributed by atoms with Crippen molar-refractivity contribution < 1.29 is 33.8 Å². The Bertz CT molecular complexity index is 1340. The van der Waals surface area contributed by atoms with Gasteiger partial charge < -0.3 is 29.5 Å². The lowest BCUT2D eigenvalue weighted by Crippen LogP contribution is -3.09. The normalized spacial score (nSPS) is 14.9. The van der Waals surface area contributed by atoms with Crippen LogP contribution in [0.25, 0.3) is 10.2 Å². The second-order valence-electron chi connectivity index (χ2n) is 11.8. The number of fused-ring (bicyclic) bond motifs is 2. The fourth-order valence-corrected chi connectivity index (χ4v) is 6.18. The number of likely N-dealkylation sites (N-methyl/N-ethyl adjacent to an activating group) is 1. The number of hydrogen-bond acceptors (Lipinski definition) is 8. The third kappa shape index (κ3) is 7.96. The predicted octanol–water partition coefficient (Wildman–Crippen LogP) is 2.71. The van der Waals surface area contributed by atoms with Gasteiger partial charge in [-0.3, -0.25) is 9.59 Å². The Hall–Kier alpha value is -3.21. The molecule has 10 heteroatoms. The van der Waals surface area contributed by atoms with Crippen LogP contribution in [0.15, 0.2) is 36.4 Å². The zero-order valence-corrected chi connectivity index (χ0v) is 25.5. The molecule has 1 aromatic heterocycles. The summed E-state index contributed by atoms with van der Waals surface area (Å²) in [5, 5.41) is 12.9. The molecule has 1 aliphatic rings. The first-order valence-electron chi connectivity index (χ1n) is 14.1. The average Bonchev–Trinajstić information content (AvgIpc) is 3.48. The SMILES string of the molecule is COc1cc2sc(CNC(=O)C3(CC(=O)OC(C)(C)C)Cc4ccccc4C3)nc2cc1OCCC[NH+](C)CCO. The molecule has 0 aliphatic heterocycles. The highest BCUT2D eigenvalue weighted by Crippen LogP contribution is 2.41. The van der Waals surface area contributed by atoms with Crippen molar-refractivity contribution in [2.24, 2.45) is 5.41 Å². The van der Waals surface area contributed by atoms with E-state index in [-0.39, 0.29) is 31.4 Å². The van der Waals surface area contributed by atoms with Gasteiger partial charge in [0.25, 0.3) is 0 Å². The van der Waals surface area contributed by atoms with E-state index >= 15 is 0 Å². The molecular weight excluding hydrogens is 542 g/mol. The maximum absolute atomic E-state index is 13.7. The van der Waals surface area contributed by atoms with Crippen LogP contribution in [0.3, 0.4) is 0 Å². The van der Waals surface area contributed by atoms with Gasteiger partial charge in [0.1, 0.15) is 17.2 Å². The quantitative estimate of drug-likeness (QED) is 0.209. The lowest BCUT2D eigenvalue weighted by molar-refractivity contribution is -0.880. The number of benzene rings is 2. The molecule has 9 nitrogen and oxygen atoms in total. The van der Waals surface area contributed by atoms with Gasteiger partial charge in [0.05, 0.1) is 62.5 Å². The first-order valence-corrected chi connectivity index (χ1v) is 14.9. The van der Waals surface area contributed by atoms with Crippen LogP contribution >= 0.6 is 11.3 Å². The van der Waals surface area contributed by atoms with Crippen molar-refractivity contribution in [3.63, 3.8) is 0 Å². The van der Waals surface area contributed by atoms with Crippen LogP contribution in [0.2, 0.25) is 0 Å². The highest BCUT2D eigenvalue weighted by atomic mass is 32.1. The number of nitrogens with zero attached hydrogens (tertiary/aromatic N) is 1. The number of carbonyl (C=O) groups is 2. The molecule has 222 valence electrons. The maximum Gasteiger partial charge on any atom is 0.307 e. The summed E-state index contributed by atoms with van der Waals surface area (Å²) in [6, 6.07) is 11.8. The third-order valence-electron chi connectivity index (χ3n) is 7.22. The number of carbonyl (C=O) groups excluding carboxylic acids is 2. The van der Waals surface area contributed by atoms with Crippen molar-refractivity contribution in [2.75, 3.05) is 40.5 Å². The van der Waals surface area contributed by atoms with Crippen LogP contribution in [-0.4, -0.2) is 68.0 Å². The first kappa shape index (κ1) is 30.7. The maximum atomic E-state index is 13.7. The Morgan fingerprint density at radius 1 is 1.12 bits per heavy atom. The molecular formula is C31H42N3O6S+. The second-order valence-corrected chi connectivity index (χ2v) is 12.9. The molecule has 0 fully saturated rings. The topological polar surface area (TPSA) is 111 Å². The third-order valence-corrected chi connectivity index (χ3v) is 8.24. The molecule has 3 aromatic rings. The molecule has 41 heavy (non-hydrogen) atoms. The predicted molar refractivity (Wildman–Crippen MR) is 159 cm³/mol. The minimum atomic E-state index is -0.903. The van der Waals surface area contributed by atoms with Crippen LogP contribution in [0.1, 0.15) is 49.7 Å². The molecule has 1 atom stereocenters. The number of ether oxygens (including phenoxy) is 3. The van der Waals surface area contributed by atoms with E-state index in [0.29, 0.717) is 37.5 Å². The summed E-state index contributed by atoms with van der Waals surface area (Å²) in [5.74, 6) is 0.712. The molecule has 0 bridgehead atoms. The summed E-state index contributed by atoms with van der Waals surface area (Å²) in [5.41, 5.74) is 1.43. The lowest BCUT2D eigenvalue weighted by Gasteiger charge is -2.28. The Labute approximate surface area is 245 Å². The minimum Gasteiger partial charge on any atom is -0.493 e. The van der Waals surface area contributed by atoms with Gasteiger partial charge in [-0.15, -0.1) is 11.3 Å². The Morgan fingerprint density at radius 2 is 1.83 bits per heavy atom. The van der Waals surface area contributed by atoms with Gasteiger partial charge in [-0.1, -0.05) is 24.3 Å². The van der Waals surface area contributed by atoms with Crippen LogP contribution in [0.5, 0.6) is 11.5 Å². The van der Waals surface area contributed by atoms with Gasteiger partial charge in [0.15, 0.2) is 11.5 Å². The van der Waals surface area contributed by atoms with E-state index in [0.717, 1.165) is 39.3 Å². The number of quaternary nitrogens is 1. The number of nitrogens with one attached hydrogen (secondary N) is 2. The molecule has 2 aromatic carbocycles. The van der Waals surface area contributed by atoms with E-state index in [1.54, 1.807) is 7.11 Å². The van der Waals surface area contributed by atoms with E-state index < -0.39 is 11.0 Å². The summed E-state index contributed by atoms with van der Waals surface area (Å²) in [7, 11) is 3.66. The standard InChI is InChI=1S/C31H41N3O6S/c1-30(2,3)40-28(36)19-31(17-21-9-6-7-10-22(21)18-31)29(37)32-20-27-33-23-15-25(24(38-5)16-26(23)41-27)39-14-8-11-34(4)12-13-35/h6-7,9-10,15-16,35H,8,11-14,17-20H2,1-5H3,(H,32,37)/p+1. The monoisotopic (exact) mass is 584 g/mol. The molecule has 1 amide bonds. The minimum absolute atomic E-state index is 0.0137. The molecule has 1 heterocycles. The molecule has 0 saturated heterocycles. The fourth-order valence-electron chi connectivity index (χ4n) is 5.26. The van der Waals surface area contributed by atoms with Crippen molar-refractivity contribution in [3.05, 3.63) is 52.5 Å². The summed E-state index contributed by atoms with van der Waals surface area (Å²) < 4.78 is 18.1. The van der Waals surface area contributed by atoms with Crippen molar-refractivity contribution in [2.45, 2.75) is 58.6 Å². The summed E-state index contributed by atoms with van der Waals surface area (Å²) in [6.45, 7) is 8.05. The van der Waals surface area contributed by atoms with Crippen molar-refractivity contribution in [1.29, 1.82) is 0 Å². The van der Waals surface area contributed by atoms with Crippen LogP contribution in [0.4, 0.5) is 0 Å². The molecule has 4 rings (SSSR count). The Kier molecular flexibility index (Phi) is 9.88. The van der Waals surface area contributed by atoms with Gasteiger partial charge in [-0.25, -0.2) is 4.98 Å². The number of aliphatic hydroxyl groups is 1. The van der Waals surface area contributed by atoms with Gasteiger partial charge in [-0.05, 0) is 44.7 Å². The van der Waals surface area contributed by atoms with Gasteiger partial charge in [0.2, 0.25) is 5.91 Å². The number of hydrogen-bond donors (Lipinski definition) is 3. The highest BCUT2D eigenvalue weighted by molar-refractivity contribution is 7.18. The number of aromatic nitrogens is 1. The molecule has 3 N–H and O–H groups in total. The van der Waals surface area contributed by atoms with Crippen molar-refractivity contribution in [3.8, 4) is 11.5 Å². The molecule has 0 saturated carbocycles. The van der Waals surface area contributed by atoms with Crippen molar-refractivity contribution >= 4 is 33.4 Å². The van der Waals surface area contributed by atoms with Crippen molar-refractivity contribution in [1.82, 2.24) is 10.3 Å². The van der Waals surface area contributed by atoms with E-state index in [1.807, 2.05) is 64.2 Å². The lowest BCUT2D eigenvalue weighted by atomic mass is 9.80. The Balaban J connectivity index is 1.44. The number of aliphatic hydroxyl groups excluding tert-OH is 1. The van der Waals surface area contributed by atoms with E-state index in [2.05, 4.69) is 5.32 Å². The number of thiazole rings is 1. The largest absolute Gasteiger partial charge is 0.493 e. The van der Waals surface area contributed by atoms with Gasteiger partial charge in [-0.2, -0.15) is 0 Å². The van der Waals surface area contributed by atoms with E-state index in [4.69, 9.17) is 24.3 Å². The van der Waals surface area contributed by atoms with Gasteiger partial charge >= 0.3 is 5.97 Å². The number of rotatable bonds is 13. The molecule has 0 spiro atoms. The Morgan fingerprint density at radius 3 is 2.46 bits per heavy atom. The highest BCUT2D eigenvalue weighted by Gasteiger charge is 2.46. The number of amides is 1. The smallest absolute Gasteiger partial charge is 0.307 e. The van der Waals surface area contributed by atoms with Gasteiger partial charge in [0, 0.05) is 18.6 Å². The fraction of sp³-hybridized carbons (Fsp3) is 0.516. The molecule has 1 unspecified atom stereocenters. The molecule has 1 aliphatic carbocycles. The number of esters is 1. The second kappa shape index (κ2) is 13.2. The summed E-state index contributed by atoms with van der Waals surface area (Å²) in [4.78, 5) is 32.6. The summed E-state index contributed by atoms with van der Waals surface area (Å²) >= 11 is 1.49. The van der Waals surface area contributed by atoms with Crippen LogP contribution in [-0.2, 0) is 33.7 Å². The average molecular weight is 585 g/mol. The number of methoxy groups -OCH3 is 1. The van der Waals surface area contributed by atoms with E-state index in [1.165, 1.54) is 16.2 Å². The van der Waals surface area contributed by atoms with E-state index in [9.17, 15) is 9.59 Å².